The number of nitrogens with zero attached hydrogens (tertiary/aromatic N) is 4. The molecule has 0 aliphatic carbocycles. The summed E-state index contributed by atoms with van der Waals surface area (Å²) in [6.45, 7) is 7.73. The Hall–Kier alpha value is -4.50. The standard InChI is InChI=1S/C36H46N6O3/c1-4-5-21-45-36-39-34(38-23-29-9-8-10-30(22-29)24-41-19-6-7-20-41)33(37)35(40-36)42(25-27-11-15-31(43-2)16-12-27)26-28-13-17-32(44-3)18-14-28/h8-18,22H,4-7,19-21,23-26,37H2,1-3H3,(H,38,39,40). The second-order valence-corrected chi connectivity index (χ2v) is 11.5. The van der Waals surface area contributed by atoms with Gasteiger partial charge in [-0.25, -0.2) is 0 Å². The van der Waals surface area contributed by atoms with Crippen LogP contribution in [0.3, 0.4) is 0 Å². The lowest BCUT2D eigenvalue weighted by molar-refractivity contribution is 0.286. The van der Waals surface area contributed by atoms with Crippen molar-refractivity contribution in [3.63, 3.8) is 0 Å². The third-order valence-electron chi connectivity index (χ3n) is 8.05. The van der Waals surface area contributed by atoms with Crippen molar-refractivity contribution in [2.24, 2.45) is 0 Å². The molecule has 1 aromatic heterocycles. The minimum Gasteiger partial charge on any atom is -0.497 e. The highest BCUT2D eigenvalue weighted by Crippen LogP contribution is 2.33. The number of hydrogen-bond donors (Lipinski definition) is 2. The lowest BCUT2D eigenvalue weighted by Crippen LogP contribution is -2.25. The van der Waals surface area contributed by atoms with Crippen LogP contribution in [0.15, 0.2) is 72.8 Å². The minimum atomic E-state index is 0.312. The van der Waals surface area contributed by atoms with Crippen LogP contribution in [0.2, 0.25) is 0 Å². The topological polar surface area (TPSA) is 98.0 Å². The second kappa shape index (κ2) is 16.0. The highest BCUT2D eigenvalue weighted by molar-refractivity contribution is 5.76. The van der Waals surface area contributed by atoms with Gasteiger partial charge in [0.1, 0.15) is 17.2 Å². The maximum Gasteiger partial charge on any atom is 0.320 e. The first kappa shape index (κ1) is 31.9. The van der Waals surface area contributed by atoms with E-state index in [0.717, 1.165) is 42.0 Å². The first-order chi connectivity index (χ1) is 22.0. The summed E-state index contributed by atoms with van der Waals surface area (Å²) in [4.78, 5) is 14.3. The van der Waals surface area contributed by atoms with E-state index in [2.05, 4.69) is 70.6 Å². The number of anilines is 3. The van der Waals surface area contributed by atoms with E-state index in [-0.39, 0.29) is 0 Å². The van der Waals surface area contributed by atoms with Gasteiger partial charge in [0, 0.05) is 26.2 Å². The fourth-order valence-corrected chi connectivity index (χ4v) is 5.52. The van der Waals surface area contributed by atoms with Crippen molar-refractivity contribution in [2.45, 2.75) is 58.8 Å². The molecule has 9 nitrogen and oxygen atoms in total. The average Bonchev–Trinajstić information content (AvgIpc) is 3.58. The molecule has 0 unspecified atom stereocenters. The Morgan fingerprint density at radius 2 is 1.44 bits per heavy atom. The molecule has 4 aromatic rings. The molecule has 0 spiro atoms. The summed E-state index contributed by atoms with van der Waals surface area (Å²) in [6.07, 6.45) is 4.50. The molecule has 0 saturated carbocycles. The molecule has 0 bridgehead atoms. The summed E-state index contributed by atoms with van der Waals surface area (Å²) in [5, 5.41) is 3.50. The number of unbranched alkanes of at least 4 members (excludes halogenated alkanes) is 1. The summed E-state index contributed by atoms with van der Waals surface area (Å²) in [5.41, 5.74) is 12.0. The van der Waals surface area contributed by atoms with Crippen LogP contribution in [-0.4, -0.2) is 48.8 Å². The molecule has 0 atom stereocenters. The van der Waals surface area contributed by atoms with Gasteiger partial charge in [0.15, 0.2) is 11.6 Å². The van der Waals surface area contributed by atoms with E-state index in [1.807, 2.05) is 24.3 Å². The van der Waals surface area contributed by atoms with Gasteiger partial charge in [-0.15, -0.1) is 0 Å². The molecule has 9 heteroatoms. The fourth-order valence-electron chi connectivity index (χ4n) is 5.52. The maximum absolute atomic E-state index is 6.88. The van der Waals surface area contributed by atoms with Crippen molar-refractivity contribution in [1.82, 2.24) is 14.9 Å². The lowest BCUT2D eigenvalue weighted by Gasteiger charge is -2.27. The molecule has 1 fully saturated rings. The number of rotatable bonds is 16. The third-order valence-corrected chi connectivity index (χ3v) is 8.05. The molecule has 3 aromatic carbocycles. The molecule has 0 radical (unpaired) electrons. The first-order valence-corrected chi connectivity index (χ1v) is 15.9. The van der Waals surface area contributed by atoms with E-state index in [9.17, 15) is 0 Å². The van der Waals surface area contributed by atoms with Gasteiger partial charge in [0.05, 0.1) is 20.8 Å². The van der Waals surface area contributed by atoms with Crippen LogP contribution in [-0.2, 0) is 26.2 Å². The molecule has 2 heterocycles. The zero-order chi connectivity index (χ0) is 31.4. The number of nitrogens with one attached hydrogen (secondary N) is 1. The quantitative estimate of drug-likeness (QED) is 0.135. The van der Waals surface area contributed by atoms with E-state index >= 15 is 0 Å². The average molecular weight is 611 g/mol. The smallest absolute Gasteiger partial charge is 0.320 e. The highest BCUT2D eigenvalue weighted by Gasteiger charge is 2.20. The van der Waals surface area contributed by atoms with Crippen molar-refractivity contribution in [2.75, 3.05) is 49.9 Å². The van der Waals surface area contributed by atoms with Crippen LogP contribution < -0.4 is 30.2 Å². The molecular formula is C36H46N6O3. The molecule has 238 valence electrons. The highest BCUT2D eigenvalue weighted by atomic mass is 16.5. The third kappa shape index (κ3) is 9.01. The summed E-state index contributed by atoms with van der Waals surface area (Å²) in [7, 11) is 3.34. The summed E-state index contributed by atoms with van der Waals surface area (Å²) < 4.78 is 16.8. The number of benzene rings is 3. The van der Waals surface area contributed by atoms with Gasteiger partial charge in [-0.1, -0.05) is 61.9 Å². The Labute approximate surface area is 267 Å². The number of hydrogen-bond acceptors (Lipinski definition) is 9. The van der Waals surface area contributed by atoms with Gasteiger partial charge in [0.25, 0.3) is 0 Å². The lowest BCUT2D eigenvalue weighted by atomic mass is 10.1. The summed E-state index contributed by atoms with van der Waals surface area (Å²) >= 11 is 0. The van der Waals surface area contributed by atoms with Crippen molar-refractivity contribution < 1.29 is 14.2 Å². The first-order valence-electron chi connectivity index (χ1n) is 15.9. The van der Waals surface area contributed by atoms with Gasteiger partial charge in [0.2, 0.25) is 0 Å². The number of methoxy groups -OCH3 is 2. The van der Waals surface area contributed by atoms with E-state index < -0.39 is 0 Å². The Morgan fingerprint density at radius 3 is 2.04 bits per heavy atom. The van der Waals surface area contributed by atoms with Crippen LogP contribution in [0.25, 0.3) is 0 Å². The van der Waals surface area contributed by atoms with Crippen LogP contribution in [0, 0.1) is 0 Å². The van der Waals surface area contributed by atoms with Crippen LogP contribution in [0.5, 0.6) is 17.5 Å². The van der Waals surface area contributed by atoms with Crippen molar-refractivity contribution in [1.29, 1.82) is 0 Å². The zero-order valence-electron chi connectivity index (χ0n) is 26.8. The molecule has 45 heavy (non-hydrogen) atoms. The molecule has 1 aliphatic rings. The van der Waals surface area contributed by atoms with Gasteiger partial charge < -0.3 is 30.2 Å². The number of nitrogen functional groups attached to an aromatic ring is 1. The van der Waals surface area contributed by atoms with Crippen molar-refractivity contribution in [3.05, 3.63) is 95.1 Å². The van der Waals surface area contributed by atoms with Crippen molar-refractivity contribution in [3.8, 4) is 17.5 Å². The largest absolute Gasteiger partial charge is 0.497 e. The van der Waals surface area contributed by atoms with E-state index in [1.165, 1.54) is 37.1 Å². The Morgan fingerprint density at radius 1 is 0.822 bits per heavy atom. The number of nitrogens with two attached hydrogens (primary N) is 1. The van der Waals surface area contributed by atoms with Gasteiger partial charge >= 0.3 is 6.01 Å². The van der Waals surface area contributed by atoms with Gasteiger partial charge in [-0.2, -0.15) is 9.97 Å². The number of ether oxygens (including phenoxy) is 3. The van der Waals surface area contributed by atoms with Crippen molar-refractivity contribution >= 4 is 17.3 Å². The normalized spacial score (nSPS) is 13.0. The predicted octanol–water partition coefficient (Wildman–Crippen LogP) is 6.67. The number of aromatic nitrogens is 2. The number of likely N-dealkylation sites (tertiary alicyclic amines) is 1. The minimum absolute atomic E-state index is 0.312. The predicted molar refractivity (Wildman–Crippen MR) is 181 cm³/mol. The molecule has 1 aliphatic heterocycles. The molecule has 3 N–H and O–H groups in total. The van der Waals surface area contributed by atoms with Crippen LogP contribution >= 0.6 is 0 Å². The monoisotopic (exact) mass is 610 g/mol. The Bertz CT molecular complexity index is 1440. The maximum atomic E-state index is 6.88. The molecule has 0 amide bonds. The van der Waals surface area contributed by atoms with Crippen LogP contribution in [0.1, 0.15) is 54.9 Å². The van der Waals surface area contributed by atoms with Crippen LogP contribution in [0.4, 0.5) is 17.3 Å². The molecular weight excluding hydrogens is 564 g/mol. The van der Waals surface area contributed by atoms with Gasteiger partial charge in [-0.3, -0.25) is 4.90 Å². The zero-order valence-corrected chi connectivity index (χ0v) is 26.8. The summed E-state index contributed by atoms with van der Waals surface area (Å²) in [5.74, 6) is 2.80. The Balaban J connectivity index is 1.44. The SMILES string of the molecule is CCCCOc1nc(NCc2cccc(CN3CCCC3)c2)c(N)c(N(Cc2ccc(OC)cc2)Cc2ccc(OC)cc2)n1. The molecule has 5 rings (SSSR count). The molecule has 1 saturated heterocycles. The second-order valence-electron chi connectivity index (χ2n) is 11.5. The Kier molecular flexibility index (Phi) is 11.3. The van der Waals surface area contributed by atoms with Gasteiger partial charge in [-0.05, 0) is 78.9 Å². The van der Waals surface area contributed by atoms with E-state index in [4.69, 9.17) is 29.9 Å². The van der Waals surface area contributed by atoms with E-state index in [1.54, 1.807) is 14.2 Å². The van der Waals surface area contributed by atoms with E-state index in [0.29, 0.717) is 49.6 Å². The fraction of sp³-hybridized carbons (Fsp3) is 0.389. The summed E-state index contributed by atoms with van der Waals surface area (Å²) in [6, 6.07) is 25.1.